The molecular formula is C24H43N2O2+. The van der Waals surface area contributed by atoms with Crippen molar-refractivity contribution in [1.29, 1.82) is 0 Å². The molecule has 160 valence electrons. The van der Waals surface area contributed by atoms with E-state index in [0.29, 0.717) is 23.6 Å². The lowest BCUT2D eigenvalue weighted by Crippen LogP contribution is -2.48. The van der Waals surface area contributed by atoms with Crippen LogP contribution in [0.15, 0.2) is 18.2 Å². The summed E-state index contributed by atoms with van der Waals surface area (Å²) in [5.74, 6) is 1.61. The summed E-state index contributed by atoms with van der Waals surface area (Å²) in [6.45, 7) is 11.6. The molecule has 0 aliphatic carbocycles. The average molecular weight is 392 g/mol. The number of aryl methyl sites for hydroxylation is 1. The molecule has 0 saturated carbocycles. The number of hydrogen-bond donors (Lipinski definition) is 1. The normalized spacial score (nSPS) is 11.7. The van der Waals surface area contributed by atoms with E-state index in [1.165, 1.54) is 36.8 Å². The number of amides is 1. The fraction of sp³-hybridized carbons (Fsp3) is 0.708. The van der Waals surface area contributed by atoms with Crippen LogP contribution < -0.4 is 10.1 Å². The van der Waals surface area contributed by atoms with E-state index in [0.717, 1.165) is 31.7 Å². The minimum Gasteiger partial charge on any atom is -0.493 e. The van der Waals surface area contributed by atoms with E-state index < -0.39 is 0 Å². The third-order valence-corrected chi connectivity index (χ3v) is 5.13. The van der Waals surface area contributed by atoms with E-state index >= 15 is 0 Å². The Balaban J connectivity index is 2.30. The molecule has 4 nitrogen and oxygen atoms in total. The van der Waals surface area contributed by atoms with Gasteiger partial charge in [0.05, 0.1) is 27.2 Å². The van der Waals surface area contributed by atoms with Crippen LogP contribution in [0.2, 0.25) is 0 Å². The molecule has 0 heterocycles. The average Bonchev–Trinajstić information content (AvgIpc) is 2.61. The van der Waals surface area contributed by atoms with Crippen molar-refractivity contribution in [2.24, 2.45) is 0 Å². The van der Waals surface area contributed by atoms with E-state index in [9.17, 15) is 4.79 Å². The van der Waals surface area contributed by atoms with Crippen LogP contribution in [0, 0.1) is 6.92 Å². The maximum atomic E-state index is 12.2. The van der Waals surface area contributed by atoms with Gasteiger partial charge in [0.25, 0.3) is 5.91 Å². The molecular weight excluding hydrogens is 348 g/mol. The van der Waals surface area contributed by atoms with Gasteiger partial charge in [-0.3, -0.25) is 4.79 Å². The number of carbonyl (C=O) groups excluding carboxylic acids is 1. The lowest BCUT2D eigenvalue weighted by Gasteiger charge is -2.29. The number of likely N-dealkylation sites (N-methyl/N-ethyl adjacent to an activating group) is 1. The number of quaternary nitrogens is 1. The highest BCUT2D eigenvalue weighted by Crippen LogP contribution is 2.27. The van der Waals surface area contributed by atoms with Gasteiger partial charge in [-0.05, 0) is 36.5 Å². The van der Waals surface area contributed by atoms with Crippen molar-refractivity contribution >= 4 is 5.91 Å². The summed E-state index contributed by atoms with van der Waals surface area (Å²) >= 11 is 0. The van der Waals surface area contributed by atoms with Crippen LogP contribution in [0.25, 0.3) is 0 Å². The Hall–Kier alpha value is -1.55. The lowest BCUT2D eigenvalue weighted by atomic mass is 10.0. The van der Waals surface area contributed by atoms with E-state index in [2.05, 4.69) is 65.3 Å². The zero-order valence-corrected chi connectivity index (χ0v) is 19.1. The van der Waals surface area contributed by atoms with Crippen LogP contribution in [0.3, 0.4) is 0 Å². The van der Waals surface area contributed by atoms with Crippen LogP contribution in [0.1, 0.15) is 76.3 Å². The van der Waals surface area contributed by atoms with Gasteiger partial charge < -0.3 is 14.5 Å². The van der Waals surface area contributed by atoms with Gasteiger partial charge in [-0.2, -0.15) is 0 Å². The van der Waals surface area contributed by atoms with E-state index in [4.69, 9.17) is 4.74 Å². The number of unbranched alkanes of at least 4 members (excludes halogenated alkanes) is 4. The zero-order chi connectivity index (χ0) is 21.0. The van der Waals surface area contributed by atoms with Crippen LogP contribution >= 0.6 is 0 Å². The Kier molecular flexibility index (Phi) is 11.2. The van der Waals surface area contributed by atoms with Gasteiger partial charge in [0.15, 0.2) is 6.54 Å². The fourth-order valence-corrected chi connectivity index (χ4v) is 3.40. The van der Waals surface area contributed by atoms with Gasteiger partial charge in [0.1, 0.15) is 5.75 Å². The topological polar surface area (TPSA) is 38.3 Å². The molecule has 0 radical (unpaired) electrons. The number of nitrogens with zero attached hydrogens (tertiary/aromatic N) is 1. The molecule has 28 heavy (non-hydrogen) atoms. The van der Waals surface area contributed by atoms with Crippen molar-refractivity contribution in [3.05, 3.63) is 29.3 Å². The second-order valence-electron chi connectivity index (χ2n) is 8.98. The highest BCUT2D eigenvalue weighted by atomic mass is 16.5. The molecule has 4 heteroatoms. The maximum absolute atomic E-state index is 12.2. The van der Waals surface area contributed by atoms with Gasteiger partial charge in [-0.1, -0.05) is 58.6 Å². The van der Waals surface area contributed by atoms with Crippen LogP contribution in [0.4, 0.5) is 0 Å². The smallest absolute Gasteiger partial charge is 0.275 e. The molecule has 0 unspecified atom stereocenters. The van der Waals surface area contributed by atoms with Crippen LogP contribution in [0.5, 0.6) is 5.75 Å². The summed E-state index contributed by atoms with van der Waals surface area (Å²) in [6, 6.07) is 6.44. The highest BCUT2D eigenvalue weighted by Gasteiger charge is 2.19. The number of nitrogens with one attached hydrogen (secondary N) is 1. The quantitative estimate of drug-likeness (QED) is 0.356. The zero-order valence-electron chi connectivity index (χ0n) is 19.1. The number of rotatable bonds is 14. The first kappa shape index (κ1) is 24.5. The molecule has 0 fully saturated rings. The molecule has 0 saturated heterocycles. The first-order valence-corrected chi connectivity index (χ1v) is 11.1. The van der Waals surface area contributed by atoms with Crippen molar-refractivity contribution in [2.75, 3.05) is 40.3 Å². The second-order valence-corrected chi connectivity index (χ2v) is 8.98. The predicted molar refractivity (Wildman–Crippen MR) is 119 cm³/mol. The summed E-state index contributed by atoms with van der Waals surface area (Å²) in [5, 5.41) is 3.07. The SMILES string of the molecule is CCCCCCCNC(=O)C[N+](C)(C)CCCOc1cc(C)ccc1C(C)C. The standard InChI is InChI=1S/C24H42N2O2/c1-7-8-9-10-11-15-25-24(27)19-26(5,6)16-12-17-28-23-18-21(4)13-14-22(23)20(2)3/h13-14,18,20H,7-12,15-17,19H2,1-6H3/p+1. The molecule has 0 aliphatic rings. The Morgan fingerprint density at radius 1 is 1.11 bits per heavy atom. The molecule has 1 N–H and O–H groups in total. The Morgan fingerprint density at radius 2 is 1.82 bits per heavy atom. The Bertz CT molecular complexity index is 582. The summed E-state index contributed by atoms with van der Waals surface area (Å²) in [6.07, 6.45) is 7.05. The summed E-state index contributed by atoms with van der Waals surface area (Å²) in [4.78, 5) is 12.2. The molecule has 0 bridgehead atoms. The largest absolute Gasteiger partial charge is 0.493 e. The van der Waals surface area contributed by atoms with Crippen molar-refractivity contribution < 1.29 is 14.0 Å². The molecule has 1 aromatic carbocycles. The molecule has 0 aliphatic heterocycles. The third kappa shape index (κ3) is 10.1. The van der Waals surface area contributed by atoms with Gasteiger partial charge in [-0.25, -0.2) is 0 Å². The number of hydrogen-bond acceptors (Lipinski definition) is 2. The minimum atomic E-state index is 0.155. The lowest BCUT2D eigenvalue weighted by molar-refractivity contribution is -0.882. The Morgan fingerprint density at radius 3 is 2.50 bits per heavy atom. The molecule has 1 rings (SSSR count). The second kappa shape index (κ2) is 12.8. The first-order chi connectivity index (χ1) is 13.2. The number of carbonyl (C=O) groups is 1. The molecule has 0 atom stereocenters. The van der Waals surface area contributed by atoms with E-state index in [1.54, 1.807) is 0 Å². The first-order valence-electron chi connectivity index (χ1n) is 11.1. The predicted octanol–water partition coefficient (Wildman–Crippen LogP) is 5.05. The minimum absolute atomic E-state index is 0.155. The van der Waals surface area contributed by atoms with Crippen LogP contribution in [-0.2, 0) is 4.79 Å². The van der Waals surface area contributed by atoms with Crippen molar-refractivity contribution in [1.82, 2.24) is 5.32 Å². The summed E-state index contributed by atoms with van der Waals surface area (Å²) < 4.78 is 6.77. The van der Waals surface area contributed by atoms with E-state index in [1.807, 2.05) is 0 Å². The van der Waals surface area contributed by atoms with Crippen molar-refractivity contribution in [2.45, 2.75) is 72.1 Å². The monoisotopic (exact) mass is 391 g/mol. The molecule has 0 aromatic heterocycles. The summed E-state index contributed by atoms with van der Waals surface area (Å²) in [7, 11) is 4.24. The molecule has 1 amide bonds. The van der Waals surface area contributed by atoms with Crippen molar-refractivity contribution in [3.8, 4) is 5.75 Å². The molecule has 1 aromatic rings. The maximum Gasteiger partial charge on any atom is 0.275 e. The van der Waals surface area contributed by atoms with Gasteiger partial charge >= 0.3 is 0 Å². The highest BCUT2D eigenvalue weighted by molar-refractivity contribution is 5.76. The Labute approximate surface area is 173 Å². The molecule has 0 spiro atoms. The van der Waals surface area contributed by atoms with E-state index in [-0.39, 0.29) is 5.91 Å². The van der Waals surface area contributed by atoms with Gasteiger partial charge in [0.2, 0.25) is 0 Å². The number of ether oxygens (including phenoxy) is 1. The van der Waals surface area contributed by atoms with Gasteiger partial charge in [0, 0.05) is 13.0 Å². The van der Waals surface area contributed by atoms with Crippen molar-refractivity contribution in [3.63, 3.8) is 0 Å². The van der Waals surface area contributed by atoms with Crippen LogP contribution in [-0.4, -0.2) is 50.7 Å². The van der Waals surface area contributed by atoms with Gasteiger partial charge in [-0.15, -0.1) is 0 Å². The third-order valence-electron chi connectivity index (χ3n) is 5.13. The fourth-order valence-electron chi connectivity index (χ4n) is 3.40. The summed E-state index contributed by atoms with van der Waals surface area (Å²) in [5.41, 5.74) is 2.49. The number of benzene rings is 1.